The van der Waals surface area contributed by atoms with E-state index in [4.69, 9.17) is 9.84 Å². The molecule has 2 heterocycles. The molecule has 3 rings (SSSR count). The van der Waals surface area contributed by atoms with E-state index in [0.717, 1.165) is 19.3 Å². The first-order valence-corrected chi connectivity index (χ1v) is 6.07. The van der Waals surface area contributed by atoms with Crippen LogP contribution in [0.1, 0.15) is 42.6 Å². The Hall–Kier alpha value is -1.98. The molecule has 6 heteroatoms. The lowest BCUT2D eigenvalue weighted by molar-refractivity contribution is -0.135. The van der Waals surface area contributed by atoms with Crippen molar-refractivity contribution in [2.45, 2.75) is 37.7 Å². The van der Waals surface area contributed by atoms with E-state index in [9.17, 15) is 9.59 Å². The SMILES string of the molecule is O=C(O)c1[nH]cc2c1NC(=O)C1(CCCCC1)O2. The molecule has 1 saturated carbocycles. The summed E-state index contributed by atoms with van der Waals surface area (Å²) in [5.74, 6) is -0.912. The zero-order chi connectivity index (χ0) is 12.8. The maximum Gasteiger partial charge on any atom is 0.354 e. The molecule has 0 bridgehead atoms. The Morgan fingerprint density at radius 1 is 1.33 bits per heavy atom. The lowest BCUT2D eigenvalue weighted by atomic mass is 9.83. The first-order chi connectivity index (χ1) is 8.62. The molecule has 0 atom stereocenters. The van der Waals surface area contributed by atoms with Crippen LogP contribution in [0.25, 0.3) is 0 Å². The average molecular weight is 250 g/mol. The van der Waals surface area contributed by atoms with E-state index < -0.39 is 11.6 Å². The fraction of sp³-hybridized carbons (Fsp3) is 0.500. The van der Waals surface area contributed by atoms with Crippen LogP contribution in [-0.2, 0) is 4.79 Å². The Morgan fingerprint density at radius 3 is 2.72 bits per heavy atom. The van der Waals surface area contributed by atoms with Gasteiger partial charge in [-0.15, -0.1) is 0 Å². The van der Waals surface area contributed by atoms with E-state index in [1.54, 1.807) is 0 Å². The number of aromatic nitrogens is 1. The molecule has 1 aromatic heterocycles. The van der Waals surface area contributed by atoms with E-state index in [1.807, 2.05) is 0 Å². The highest BCUT2D eigenvalue weighted by molar-refractivity contribution is 6.06. The van der Waals surface area contributed by atoms with Crippen LogP contribution in [-0.4, -0.2) is 27.6 Å². The molecule has 1 aliphatic heterocycles. The summed E-state index contributed by atoms with van der Waals surface area (Å²) >= 11 is 0. The van der Waals surface area contributed by atoms with Gasteiger partial charge in [0, 0.05) is 6.20 Å². The number of fused-ring (bicyclic) bond motifs is 1. The molecular weight excluding hydrogens is 236 g/mol. The maximum atomic E-state index is 12.2. The van der Waals surface area contributed by atoms with Crippen molar-refractivity contribution in [1.82, 2.24) is 4.98 Å². The zero-order valence-corrected chi connectivity index (χ0v) is 9.78. The van der Waals surface area contributed by atoms with Gasteiger partial charge in [-0.3, -0.25) is 4.79 Å². The summed E-state index contributed by atoms with van der Waals surface area (Å²) in [5, 5.41) is 11.7. The first kappa shape index (κ1) is 11.1. The highest BCUT2D eigenvalue weighted by atomic mass is 16.5. The van der Waals surface area contributed by atoms with Gasteiger partial charge in [0.05, 0.1) is 0 Å². The first-order valence-electron chi connectivity index (χ1n) is 6.07. The van der Waals surface area contributed by atoms with Gasteiger partial charge >= 0.3 is 5.97 Å². The van der Waals surface area contributed by atoms with Gasteiger partial charge in [-0.05, 0) is 25.7 Å². The van der Waals surface area contributed by atoms with Crippen molar-refractivity contribution in [1.29, 1.82) is 0 Å². The second-order valence-electron chi connectivity index (χ2n) is 4.82. The van der Waals surface area contributed by atoms with Gasteiger partial charge in [0.2, 0.25) is 0 Å². The number of H-pyrrole nitrogens is 1. The predicted molar refractivity (Wildman–Crippen MR) is 62.8 cm³/mol. The number of carbonyl (C=O) groups is 2. The molecule has 1 fully saturated rings. The quantitative estimate of drug-likeness (QED) is 0.708. The second kappa shape index (κ2) is 3.76. The predicted octanol–water partition coefficient (Wildman–Crippen LogP) is 1.75. The number of rotatable bonds is 1. The van der Waals surface area contributed by atoms with Crippen LogP contribution in [0, 0.1) is 0 Å². The van der Waals surface area contributed by atoms with Crippen LogP contribution in [0.2, 0.25) is 0 Å². The minimum absolute atomic E-state index is 0.0380. The summed E-state index contributed by atoms with van der Waals surface area (Å²) in [6.45, 7) is 0. The zero-order valence-electron chi connectivity index (χ0n) is 9.78. The monoisotopic (exact) mass is 250 g/mol. The number of carbonyl (C=O) groups excluding carboxylic acids is 1. The third-order valence-electron chi connectivity index (χ3n) is 3.68. The van der Waals surface area contributed by atoms with Crippen LogP contribution in [0.15, 0.2) is 6.20 Å². The number of nitrogens with one attached hydrogen (secondary N) is 2. The molecule has 2 aliphatic rings. The molecule has 1 aliphatic carbocycles. The second-order valence-corrected chi connectivity index (χ2v) is 4.82. The number of hydrogen-bond acceptors (Lipinski definition) is 3. The number of carboxylic acids is 1. The summed E-state index contributed by atoms with van der Waals surface area (Å²) in [6, 6.07) is 0. The number of amides is 1. The van der Waals surface area contributed by atoms with Crippen molar-refractivity contribution in [3.05, 3.63) is 11.9 Å². The van der Waals surface area contributed by atoms with E-state index in [1.165, 1.54) is 6.20 Å². The Labute approximate surface area is 103 Å². The summed E-state index contributed by atoms with van der Waals surface area (Å²) in [6.07, 6.45) is 5.89. The topological polar surface area (TPSA) is 91.4 Å². The smallest absolute Gasteiger partial charge is 0.354 e. The Bertz CT molecular complexity index is 514. The number of hydrogen-bond donors (Lipinski definition) is 3. The van der Waals surface area contributed by atoms with E-state index in [2.05, 4.69) is 10.3 Å². The van der Waals surface area contributed by atoms with Crippen molar-refractivity contribution in [3.8, 4) is 5.75 Å². The molecule has 3 N–H and O–H groups in total. The van der Waals surface area contributed by atoms with Gasteiger partial charge in [-0.25, -0.2) is 4.79 Å². The molecule has 1 amide bonds. The standard InChI is InChI=1S/C12H14N2O4/c15-10(16)9-8-7(6-13-9)18-12(11(17)14-8)4-2-1-3-5-12/h6,13H,1-5H2,(H,14,17)(H,15,16). The summed E-state index contributed by atoms with van der Waals surface area (Å²) in [7, 11) is 0. The van der Waals surface area contributed by atoms with Crippen molar-refractivity contribution in [3.63, 3.8) is 0 Å². The van der Waals surface area contributed by atoms with Gasteiger partial charge in [0.15, 0.2) is 17.0 Å². The molecule has 6 nitrogen and oxygen atoms in total. The maximum absolute atomic E-state index is 12.2. The molecular formula is C12H14N2O4. The number of carboxylic acid groups (broad SMARTS) is 1. The Balaban J connectivity index is 1.97. The molecule has 0 unspecified atom stereocenters. The summed E-state index contributed by atoms with van der Waals surface area (Å²) in [4.78, 5) is 25.8. The van der Waals surface area contributed by atoms with E-state index >= 15 is 0 Å². The number of aromatic amines is 1. The largest absolute Gasteiger partial charge is 0.477 e. The molecule has 96 valence electrons. The summed E-state index contributed by atoms with van der Waals surface area (Å²) in [5.41, 5.74) is -0.601. The van der Waals surface area contributed by atoms with Crippen LogP contribution in [0.5, 0.6) is 5.75 Å². The third kappa shape index (κ3) is 1.48. The summed E-state index contributed by atoms with van der Waals surface area (Å²) < 4.78 is 5.80. The van der Waals surface area contributed by atoms with E-state index in [-0.39, 0.29) is 17.3 Å². The van der Waals surface area contributed by atoms with Crippen molar-refractivity contribution in [2.24, 2.45) is 0 Å². The van der Waals surface area contributed by atoms with Crippen LogP contribution in [0.3, 0.4) is 0 Å². The fourth-order valence-electron chi connectivity index (χ4n) is 2.71. The third-order valence-corrected chi connectivity index (χ3v) is 3.68. The van der Waals surface area contributed by atoms with Crippen molar-refractivity contribution >= 4 is 17.6 Å². The lowest BCUT2D eigenvalue weighted by Gasteiger charge is -2.38. The minimum Gasteiger partial charge on any atom is -0.477 e. The van der Waals surface area contributed by atoms with Gasteiger partial charge in [-0.2, -0.15) is 0 Å². The molecule has 0 aromatic carbocycles. The Morgan fingerprint density at radius 2 is 2.06 bits per heavy atom. The minimum atomic E-state index is -1.11. The number of aromatic carboxylic acids is 1. The lowest BCUT2D eigenvalue weighted by Crippen LogP contribution is -2.51. The van der Waals surface area contributed by atoms with Crippen molar-refractivity contribution < 1.29 is 19.4 Å². The van der Waals surface area contributed by atoms with Gasteiger partial charge in [0.25, 0.3) is 5.91 Å². The fourth-order valence-corrected chi connectivity index (χ4v) is 2.71. The average Bonchev–Trinajstić information content (AvgIpc) is 2.74. The number of anilines is 1. The molecule has 0 radical (unpaired) electrons. The van der Waals surface area contributed by atoms with Crippen LogP contribution < -0.4 is 10.1 Å². The highest BCUT2D eigenvalue weighted by Crippen LogP contribution is 2.42. The van der Waals surface area contributed by atoms with Gasteiger partial charge in [0.1, 0.15) is 5.69 Å². The van der Waals surface area contributed by atoms with Crippen molar-refractivity contribution in [2.75, 3.05) is 5.32 Å². The Kier molecular flexibility index (Phi) is 2.33. The molecule has 1 aromatic rings. The van der Waals surface area contributed by atoms with Gasteiger partial charge < -0.3 is 20.1 Å². The van der Waals surface area contributed by atoms with E-state index in [0.29, 0.717) is 18.6 Å². The van der Waals surface area contributed by atoms with Crippen LogP contribution in [0.4, 0.5) is 5.69 Å². The van der Waals surface area contributed by atoms with Gasteiger partial charge in [-0.1, -0.05) is 6.42 Å². The van der Waals surface area contributed by atoms with Crippen LogP contribution >= 0.6 is 0 Å². The molecule has 1 spiro atoms. The molecule has 0 saturated heterocycles. The highest BCUT2D eigenvalue weighted by Gasteiger charge is 2.46. The number of ether oxygens (including phenoxy) is 1. The molecule has 18 heavy (non-hydrogen) atoms. The normalized spacial score (nSPS) is 21.0.